The van der Waals surface area contributed by atoms with Crippen LogP contribution in [0.15, 0.2) is 41.9 Å². The van der Waals surface area contributed by atoms with E-state index < -0.39 is 0 Å². The Balaban J connectivity index is 1.86. The molecule has 5 nitrogen and oxygen atoms in total. The lowest BCUT2D eigenvalue weighted by molar-refractivity contribution is 0.0775. The zero-order valence-corrected chi connectivity index (χ0v) is 15.2. The molecule has 7 heteroatoms. The highest BCUT2D eigenvalue weighted by Gasteiger charge is 2.19. The van der Waals surface area contributed by atoms with Crippen LogP contribution in [-0.4, -0.2) is 32.4 Å². The van der Waals surface area contributed by atoms with E-state index in [-0.39, 0.29) is 5.91 Å². The average Bonchev–Trinajstić information content (AvgIpc) is 3.21. The number of carbonyl (C=O) groups is 1. The molecule has 0 aliphatic carbocycles. The van der Waals surface area contributed by atoms with Crippen molar-refractivity contribution in [1.82, 2.24) is 19.4 Å². The number of aromatic amines is 1. The normalized spacial score (nSPS) is 10.8. The molecule has 0 spiro atoms. The third kappa shape index (κ3) is 3.32. The highest BCUT2D eigenvalue weighted by Crippen LogP contribution is 2.16. The largest absolute Gasteiger partial charge is 0.336 e. The van der Waals surface area contributed by atoms with Crippen molar-refractivity contribution in [1.29, 1.82) is 0 Å². The van der Waals surface area contributed by atoms with Gasteiger partial charge in [0.15, 0.2) is 4.77 Å². The van der Waals surface area contributed by atoms with E-state index in [0.717, 1.165) is 22.8 Å². The van der Waals surface area contributed by atoms with Crippen molar-refractivity contribution in [3.8, 4) is 5.69 Å². The van der Waals surface area contributed by atoms with Gasteiger partial charge >= 0.3 is 0 Å². The molecule has 1 aromatic carbocycles. The number of aromatic nitrogens is 3. The number of aryl methyl sites for hydroxylation is 1. The third-order valence-electron chi connectivity index (χ3n) is 3.66. The highest BCUT2D eigenvalue weighted by molar-refractivity contribution is 7.71. The van der Waals surface area contributed by atoms with E-state index in [1.54, 1.807) is 34.0 Å². The molecule has 0 saturated heterocycles. The molecule has 0 unspecified atom stereocenters. The number of thiazole rings is 1. The van der Waals surface area contributed by atoms with Crippen LogP contribution in [0.4, 0.5) is 0 Å². The summed E-state index contributed by atoms with van der Waals surface area (Å²) >= 11 is 6.96. The van der Waals surface area contributed by atoms with Gasteiger partial charge in [0.25, 0.3) is 5.91 Å². The van der Waals surface area contributed by atoms with Crippen molar-refractivity contribution >= 4 is 29.5 Å². The summed E-state index contributed by atoms with van der Waals surface area (Å²) < 4.78 is 2.26. The molecule has 1 N–H and O–H groups in total. The molecule has 0 saturated carbocycles. The first kappa shape index (κ1) is 16.6. The fraction of sp³-hybridized carbons (Fsp3) is 0.235. The summed E-state index contributed by atoms with van der Waals surface area (Å²) in [6, 6.07) is 9.62. The Morgan fingerprint density at radius 2 is 2.12 bits per heavy atom. The monoisotopic (exact) mass is 358 g/mol. The number of rotatable bonds is 5. The second-order valence-electron chi connectivity index (χ2n) is 5.40. The summed E-state index contributed by atoms with van der Waals surface area (Å²) in [4.78, 5) is 22.0. The number of hydrogen-bond donors (Lipinski definition) is 1. The van der Waals surface area contributed by atoms with E-state index in [1.807, 2.05) is 35.7 Å². The van der Waals surface area contributed by atoms with Crippen LogP contribution in [-0.2, 0) is 13.0 Å². The summed E-state index contributed by atoms with van der Waals surface area (Å²) in [5.41, 5.74) is 2.29. The van der Waals surface area contributed by atoms with E-state index >= 15 is 0 Å². The maximum Gasteiger partial charge on any atom is 0.272 e. The molecule has 2 heterocycles. The van der Waals surface area contributed by atoms with E-state index in [4.69, 9.17) is 12.2 Å². The first-order valence-corrected chi connectivity index (χ1v) is 8.93. The molecule has 3 aromatic rings. The minimum atomic E-state index is -0.0998. The summed E-state index contributed by atoms with van der Waals surface area (Å²) in [6.45, 7) is 2.55. The van der Waals surface area contributed by atoms with Crippen LogP contribution < -0.4 is 0 Å². The van der Waals surface area contributed by atoms with Crippen LogP contribution in [0.25, 0.3) is 5.69 Å². The van der Waals surface area contributed by atoms with Crippen LogP contribution in [0.2, 0.25) is 0 Å². The van der Waals surface area contributed by atoms with Gasteiger partial charge in [0.05, 0.1) is 17.2 Å². The van der Waals surface area contributed by atoms with Gasteiger partial charge in [-0.1, -0.05) is 25.1 Å². The Kier molecular flexibility index (Phi) is 4.92. The number of para-hydroxylation sites is 1. The molecular formula is C17H18N4OS2. The Morgan fingerprint density at radius 1 is 1.38 bits per heavy atom. The van der Waals surface area contributed by atoms with Crippen LogP contribution in [0.5, 0.6) is 0 Å². The molecular weight excluding hydrogens is 340 g/mol. The molecule has 0 atom stereocenters. The standard InChI is InChI=1S/C17H18N4OS2/c1-3-15-19-12(11-24-15)10-20(2)16(22)14-9-18-17(23)21(14)13-7-5-4-6-8-13/h4-9,11H,3,10H2,1-2H3,(H,18,23). The second-order valence-corrected chi connectivity index (χ2v) is 6.73. The van der Waals surface area contributed by atoms with Gasteiger partial charge in [-0.05, 0) is 30.8 Å². The van der Waals surface area contributed by atoms with Crippen LogP contribution in [0, 0.1) is 4.77 Å². The molecule has 0 aliphatic rings. The van der Waals surface area contributed by atoms with Crippen molar-refractivity contribution in [3.63, 3.8) is 0 Å². The third-order valence-corrected chi connectivity index (χ3v) is 5.00. The number of H-pyrrole nitrogens is 1. The number of carbonyl (C=O) groups excluding carboxylic acids is 1. The summed E-state index contributed by atoms with van der Waals surface area (Å²) in [5.74, 6) is -0.0998. The van der Waals surface area contributed by atoms with E-state index in [1.165, 1.54) is 0 Å². The minimum absolute atomic E-state index is 0.0998. The molecule has 2 aromatic heterocycles. The van der Waals surface area contributed by atoms with Crippen LogP contribution >= 0.6 is 23.6 Å². The van der Waals surface area contributed by atoms with Crippen molar-refractivity contribution in [2.45, 2.75) is 19.9 Å². The number of amides is 1. The Morgan fingerprint density at radius 3 is 2.79 bits per heavy atom. The van der Waals surface area contributed by atoms with Gasteiger partial charge in [0.2, 0.25) is 0 Å². The van der Waals surface area contributed by atoms with Crippen LogP contribution in [0.1, 0.15) is 28.1 Å². The van der Waals surface area contributed by atoms with Gasteiger partial charge in [-0.25, -0.2) is 4.98 Å². The molecule has 0 radical (unpaired) electrons. The first-order chi connectivity index (χ1) is 11.6. The fourth-order valence-electron chi connectivity index (χ4n) is 2.45. The van der Waals surface area contributed by atoms with Gasteiger partial charge < -0.3 is 9.88 Å². The van der Waals surface area contributed by atoms with Crippen molar-refractivity contribution in [3.05, 3.63) is 63.1 Å². The summed E-state index contributed by atoms with van der Waals surface area (Å²) in [7, 11) is 1.78. The van der Waals surface area contributed by atoms with Crippen LogP contribution in [0.3, 0.4) is 0 Å². The zero-order valence-electron chi connectivity index (χ0n) is 13.5. The van der Waals surface area contributed by atoms with Crippen molar-refractivity contribution in [2.24, 2.45) is 0 Å². The van der Waals surface area contributed by atoms with Crippen molar-refractivity contribution < 1.29 is 4.79 Å². The Bertz CT molecular complexity index is 895. The van der Waals surface area contributed by atoms with Gasteiger partial charge in [-0.3, -0.25) is 9.36 Å². The number of nitrogens with zero attached hydrogens (tertiary/aromatic N) is 3. The van der Waals surface area contributed by atoms with Crippen molar-refractivity contribution in [2.75, 3.05) is 7.05 Å². The van der Waals surface area contributed by atoms with E-state index in [0.29, 0.717) is 17.0 Å². The minimum Gasteiger partial charge on any atom is -0.336 e. The van der Waals surface area contributed by atoms with Gasteiger partial charge in [0.1, 0.15) is 5.69 Å². The van der Waals surface area contributed by atoms with Gasteiger partial charge in [-0.15, -0.1) is 11.3 Å². The molecule has 1 amide bonds. The topological polar surface area (TPSA) is 53.9 Å². The SMILES string of the molecule is CCc1nc(CN(C)C(=O)c2c[nH]c(=S)n2-c2ccccc2)cs1. The summed E-state index contributed by atoms with van der Waals surface area (Å²) in [6.07, 6.45) is 2.57. The first-order valence-electron chi connectivity index (χ1n) is 7.64. The molecule has 24 heavy (non-hydrogen) atoms. The van der Waals surface area contributed by atoms with Gasteiger partial charge in [0, 0.05) is 24.3 Å². The smallest absolute Gasteiger partial charge is 0.272 e. The predicted molar refractivity (Wildman–Crippen MR) is 98.2 cm³/mol. The molecule has 124 valence electrons. The van der Waals surface area contributed by atoms with Gasteiger partial charge in [-0.2, -0.15) is 0 Å². The lowest BCUT2D eigenvalue weighted by Gasteiger charge is -2.17. The molecule has 0 aliphatic heterocycles. The average molecular weight is 358 g/mol. The highest BCUT2D eigenvalue weighted by atomic mass is 32.1. The molecule has 0 fully saturated rings. The Labute approximate surface area is 149 Å². The maximum atomic E-state index is 12.8. The Hall–Kier alpha value is -2.25. The second kappa shape index (κ2) is 7.11. The number of imidazole rings is 1. The predicted octanol–water partition coefficient (Wildman–Crippen LogP) is 3.83. The fourth-order valence-corrected chi connectivity index (χ4v) is 3.45. The number of benzene rings is 1. The number of hydrogen-bond acceptors (Lipinski definition) is 4. The summed E-state index contributed by atoms with van der Waals surface area (Å²) in [5, 5.41) is 3.09. The quantitative estimate of drug-likeness (QED) is 0.705. The lowest BCUT2D eigenvalue weighted by Crippen LogP contribution is -2.28. The van der Waals surface area contributed by atoms with E-state index in [9.17, 15) is 4.79 Å². The number of nitrogens with one attached hydrogen (secondary N) is 1. The lowest BCUT2D eigenvalue weighted by atomic mass is 10.3. The maximum absolute atomic E-state index is 12.8. The molecule has 0 bridgehead atoms. The molecule has 3 rings (SSSR count). The van der Waals surface area contributed by atoms with E-state index in [2.05, 4.69) is 16.9 Å². The zero-order chi connectivity index (χ0) is 17.1.